The van der Waals surface area contributed by atoms with Crippen molar-refractivity contribution in [3.05, 3.63) is 437 Å². The van der Waals surface area contributed by atoms with Gasteiger partial charge in [-0.25, -0.2) is 29.9 Å². The van der Waals surface area contributed by atoms with Gasteiger partial charge in [0.1, 0.15) is 0 Å². The Balaban J connectivity index is 0.000000146. The van der Waals surface area contributed by atoms with E-state index in [1.807, 2.05) is 84.1 Å². The molecule has 0 radical (unpaired) electrons. The maximum Gasteiger partial charge on any atom is 0.165 e. The molecule has 24 aromatic rings. The van der Waals surface area contributed by atoms with Gasteiger partial charge in [0.25, 0.3) is 0 Å². The molecule has 0 aliphatic rings. The summed E-state index contributed by atoms with van der Waals surface area (Å²) in [6.45, 7) is 0. The second kappa shape index (κ2) is 31.3. The lowest BCUT2D eigenvalue weighted by atomic mass is 9.92. The zero-order chi connectivity index (χ0) is 82.0. The minimum atomic E-state index is 0.631. The Morgan fingerprint density at radius 3 is 1.04 bits per heavy atom. The summed E-state index contributed by atoms with van der Waals surface area (Å²) in [5, 5.41) is 9.82. The lowest BCUT2D eigenvalue weighted by Gasteiger charge is -2.16. The molecule has 0 N–H and O–H groups in total. The highest BCUT2D eigenvalue weighted by Crippen LogP contribution is 2.49. The van der Waals surface area contributed by atoms with Crippen LogP contribution >= 0.6 is 22.7 Å². The molecule has 0 bridgehead atoms. The number of thiophene rings is 2. The summed E-state index contributed by atoms with van der Waals surface area (Å²) < 4.78 is 9.74. The Morgan fingerprint density at radius 1 is 0.161 bits per heavy atom. The Labute approximate surface area is 723 Å². The van der Waals surface area contributed by atoms with Crippen molar-refractivity contribution >= 4 is 107 Å². The largest absolute Gasteiger partial charge is 0.309 e. The fourth-order valence-electron chi connectivity index (χ4n) is 17.8. The highest BCUT2D eigenvalue weighted by molar-refractivity contribution is 7.26. The van der Waals surface area contributed by atoms with Crippen molar-refractivity contribution in [2.45, 2.75) is 0 Å². The average Bonchev–Trinajstić information content (AvgIpc) is 1.57. The number of aromatic nitrogens is 8. The van der Waals surface area contributed by atoms with Crippen molar-refractivity contribution in [1.29, 1.82) is 0 Å². The van der Waals surface area contributed by atoms with Crippen molar-refractivity contribution in [3.8, 4) is 146 Å². The van der Waals surface area contributed by atoms with Crippen molar-refractivity contribution in [2.24, 2.45) is 0 Å². The molecular formula is C114H72N8S2. The number of benzene rings is 18. The molecule has 18 aromatic carbocycles. The van der Waals surface area contributed by atoms with E-state index in [4.69, 9.17) is 29.9 Å². The molecule has 0 atom stereocenters. The molecular weight excluding hydrogens is 1550 g/mol. The van der Waals surface area contributed by atoms with Crippen molar-refractivity contribution < 1.29 is 0 Å². The lowest BCUT2D eigenvalue weighted by Crippen LogP contribution is -2.00. The van der Waals surface area contributed by atoms with Gasteiger partial charge in [-0.3, -0.25) is 0 Å². The Morgan fingerprint density at radius 2 is 0.492 bits per heavy atom. The SMILES string of the molecule is c1ccc(-c2cccc(-c3ccc4c5ccccc5n(-c5ccccc5-c5cc(-c6cccc(-c7nc(-c8ccccc8)nc(-c8ccccc8)n7)c6)c6sc7ccccc7c6c5)c4c3)c2)cc1.c1ccc(-c2nc(-c3ccccc3)nc(-c3cc(-c4ccccc4-c4ccc5c6ccccc6n(-c6ccccc6)c5c4)cc4c3sc3ccccc34)n2)cc1. The average molecular weight is 1620 g/mol. The molecule has 10 heteroatoms. The van der Waals surface area contributed by atoms with Gasteiger partial charge in [0.05, 0.1) is 27.8 Å². The quantitative estimate of drug-likeness (QED) is 0.108. The zero-order valence-corrected chi connectivity index (χ0v) is 68.6. The number of nitrogens with zero attached hydrogens (tertiary/aromatic N) is 8. The molecule has 0 unspecified atom stereocenters. The predicted molar refractivity (Wildman–Crippen MR) is 519 cm³/mol. The molecule has 0 amide bonds. The Kier molecular flexibility index (Phi) is 18.5. The molecule has 0 spiro atoms. The van der Waals surface area contributed by atoms with Gasteiger partial charge < -0.3 is 9.13 Å². The Bertz CT molecular complexity index is 8110. The van der Waals surface area contributed by atoms with Crippen LogP contribution in [0.5, 0.6) is 0 Å². The molecule has 6 aromatic heterocycles. The van der Waals surface area contributed by atoms with Crippen LogP contribution in [0.15, 0.2) is 437 Å². The summed E-state index contributed by atoms with van der Waals surface area (Å²) in [5.41, 5.74) is 26.6. The number of para-hydroxylation sites is 4. The van der Waals surface area contributed by atoms with Crippen LogP contribution in [0.4, 0.5) is 0 Å². The summed E-state index contributed by atoms with van der Waals surface area (Å²) in [7, 11) is 0. The fourth-order valence-corrected chi connectivity index (χ4v) is 20.3. The molecule has 6 heterocycles. The zero-order valence-electron chi connectivity index (χ0n) is 67.0. The molecule has 580 valence electrons. The van der Waals surface area contributed by atoms with Gasteiger partial charge in [-0.1, -0.05) is 346 Å². The first kappa shape index (κ1) is 73.2. The van der Waals surface area contributed by atoms with E-state index in [1.54, 1.807) is 11.3 Å². The minimum absolute atomic E-state index is 0.631. The van der Waals surface area contributed by atoms with E-state index in [9.17, 15) is 0 Å². The molecule has 0 aliphatic heterocycles. The lowest BCUT2D eigenvalue weighted by molar-refractivity contribution is 1.07. The number of hydrogen-bond donors (Lipinski definition) is 0. The molecule has 8 nitrogen and oxygen atoms in total. The molecule has 124 heavy (non-hydrogen) atoms. The standard InChI is InChI=1S/C63H40N4S.C51H32N4S/c1-4-18-41(19-5-1)44-24-16-25-45(36-44)46-34-35-52-51-29-11-14-32-57(51)67(58(52)40-46)56-31-13-10-28-50(56)49-38-54(60-55(39-49)53-30-12-15-33-59(53)68-60)47-26-17-27-48(37-47)63-65-61(42-20-6-2-7-21-42)64-62(66-63)43-22-8-3-9-23-43;1-4-16-33(17-5-1)49-52-50(34-18-6-2-7-19-34)54-51(53-49)44-31-36(30-43-42-25-13-15-27-47(42)56-48(43)44)39-23-11-10-22-38(39)35-28-29-41-40-24-12-14-26-45(40)55(46(41)32-35)37-20-8-3-9-21-37/h1-40H;1-32H. The number of fused-ring (bicyclic) bond motifs is 12. The third-order valence-corrected chi connectivity index (χ3v) is 26.1. The van der Waals surface area contributed by atoms with Gasteiger partial charge in [-0.15, -0.1) is 22.7 Å². The monoisotopic (exact) mass is 1620 g/mol. The summed E-state index contributed by atoms with van der Waals surface area (Å²) in [5.74, 6) is 3.87. The van der Waals surface area contributed by atoms with E-state index >= 15 is 0 Å². The van der Waals surface area contributed by atoms with Gasteiger partial charge in [-0.2, -0.15) is 0 Å². The van der Waals surface area contributed by atoms with E-state index in [1.165, 1.54) is 107 Å². The van der Waals surface area contributed by atoms with E-state index in [0.29, 0.717) is 34.9 Å². The molecule has 0 saturated heterocycles. The topological polar surface area (TPSA) is 87.2 Å². The fraction of sp³-hybridized carbons (Fsp3) is 0. The van der Waals surface area contributed by atoms with E-state index in [-0.39, 0.29) is 0 Å². The second-order valence-corrected chi connectivity index (χ2v) is 33.3. The van der Waals surface area contributed by atoms with Gasteiger partial charge in [-0.05, 0) is 147 Å². The summed E-state index contributed by atoms with van der Waals surface area (Å²) in [6, 6.07) is 155. The summed E-state index contributed by atoms with van der Waals surface area (Å²) >= 11 is 3.64. The van der Waals surface area contributed by atoms with E-state index in [0.717, 1.165) is 88.4 Å². The second-order valence-electron chi connectivity index (χ2n) is 31.2. The first-order valence-electron chi connectivity index (χ1n) is 41.7. The highest BCUT2D eigenvalue weighted by Gasteiger charge is 2.25. The van der Waals surface area contributed by atoms with Gasteiger partial charge >= 0.3 is 0 Å². The van der Waals surface area contributed by atoms with Crippen molar-refractivity contribution in [3.63, 3.8) is 0 Å². The Hall–Kier alpha value is -16.0. The summed E-state index contributed by atoms with van der Waals surface area (Å²) in [4.78, 5) is 30.6. The van der Waals surface area contributed by atoms with Crippen LogP contribution in [0.2, 0.25) is 0 Å². The number of hydrogen-bond acceptors (Lipinski definition) is 8. The smallest absolute Gasteiger partial charge is 0.165 e. The third kappa shape index (κ3) is 13.3. The molecule has 24 rings (SSSR count). The van der Waals surface area contributed by atoms with Crippen LogP contribution in [0, 0.1) is 0 Å². The normalized spacial score (nSPS) is 11.5. The minimum Gasteiger partial charge on any atom is -0.309 e. The maximum atomic E-state index is 5.21. The van der Waals surface area contributed by atoms with Crippen LogP contribution in [0.3, 0.4) is 0 Å². The maximum absolute atomic E-state index is 5.21. The summed E-state index contributed by atoms with van der Waals surface area (Å²) in [6.07, 6.45) is 0. The van der Waals surface area contributed by atoms with Crippen LogP contribution < -0.4 is 0 Å². The number of rotatable bonds is 14. The first-order valence-corrected chi connectivity index (χ1v) is 43.3. The van der Waals surface area contributed by atoms with Crippen molar-refractivity contribution in [2.75, 3.05) is 0 Å². The van der Waals surface area contributed by atoms with Crippen LogP contribution in [-0.4, -0.2) is 39.0 Å². The van der Waals surface area contributed by atoms with E-state index in [2.05, 4.69) is 373 Å². The van der Waals surface area contributed by atoms with Gasteiger partial charge in [0, 0.05) is 112 Å². The molecule has 0 fully saturated rings. The highest BCUT2D eigenvalue weighted by atomic mass is 32.1. The first-order chi connectivity index (χ1) is 61.5. The van der Waals surface area contributed by atoms with Crippen molar-refractivity contribution in [1.82, 2.24) is 39.0 Å². The molecule has 0 aliphatic carbocycles. The van der Waals surface area contributed by atoms with Crippen LogP contribution in [0.25, 0.3) is 230 Å². The van der Waals surface area contributed by atoms with Crippen LogP contribution in [0.1, 0.15) is 0 Å². The predicted octanol–water partition coefficient (Wildman–Crippen LogP) is 30.7. The van der Waals surface area contributed by atoms with Crippen LogP contribution in [-0.2, 0) is 0 Å². The van der Waals surface area contributed by atoms with Gasteiger partial charge in [0.15, 0.2) is 34.9 Å². The van der Waals surface area contributed by atoms with Gasteiger partial charge in [0.2, 0.25) is 0 Å². The van der Waals surface area contributed by atoms with E-state index < -0.39 is 0 Å². The third-order valence-electron chi connectivity index (χ3n) is 23.7. The molecule has 0 saturated carbocycles.